The number of aliphatic hydroxyl groups is 3. The molecule has 2 saturated heterocycles. The number of rotatable bonds is 6. The molecule has 1 spiro atoms. The van der Waals surface area contributed by atoms with Crippen molar-refractivity contribution in [3.05, 3.63) is 58.4 Å². The predicted octanol–water partition coefficient (Wildman–Crippen LogP) is 2.93. The van der Waals surface area contributed by atoms with Gasteiger partial charge in [-0.3, -0.25) is 9.59 Å². The molecule has 0 amide bonds. The molecule has 2 bridgehead atoms. The zero-order valence-electron chi connectivity index (χ0n) is 25.5. The van der Waals surface area contributed by atoms with E-state index in [9.17, 15) is 29.7 Å². The van der Waals surface area contributed by atoms with Gasteiger partial charge in [0, 0.05) is 30.9 Å². The normalized spacial score (nSPS) is 38.0. The molecule has 11 nitrogen and oxygen atoms in total. The van der Waals surface area contributed by atoms with Crippen molar-refractivity contribution in [2.75, 3.05) is 13.2 Å². The van der Waals surface area contributed by atoms with E-state index in [-0.39, 0.29) is 36.3 Å². The minimum Gasteiger partial charge on any atom is -0.504 e. The van der Waals surface area contributed by atoms with Crippen LogP contribution in [-0.4, -0.2) is 87.7 Å². The van der Waals surface area contributed by atoms with E-state index in [1.54, 1.807) is 65.0 Å². The van der Waals surface area contributed by atoms with Gasteiger partial charge in [-0.15, -0.1) is 0 Å². The van der Waals surface area contributed by atoms with Crippen LogP contribution in [0, 0.1) is 11.3 Å². The fourth-order valence-corrected chi connectivity index (χ4v) is 7.75. The molecule has 2 fully saturated rings. The van der Waals surface area contributed by atoms with Crippen molar-refractivity contribution in [2.24, 2.45) is 11.3 Å². The molecule has 0 aromatic heterocycles. The van der Waals surface area contributed by atoms with Gasteiger partial charge in [-0.25, -0.2) is 4.79 Å². The number of Topliss-reactive ketones (excluding diaryl/α,β-unsaturated/α-hetero) is 1. The molecule has 2 heterocycles. The number of hydrogen-bond acceptors (Lipinski definition) is 11. The second kappa shape index (κ2) is 10.5. The van der Waals surface area contributed by atoms with Gasteiger partial charge in [0.2, 0.25) is 5.78 Å². The number of ketones is 1. The van der Waals surface area contributed by atoms with Crippen LogP contribution in [0.3, 0.4) is 0 Å². The van der Waals surface area contributed by atoms with Gasteiger partial charge < -0.3 is 39.0 Å². The molecule has 11 heteroatoms. The van der Waals surface area contributed by atoms with Gasteiger partial charge in [0.15, 0.2) is 17.1 Å². The maximum Gasteiger partial charge on any atom is 0.338 e. The van der Waals surface area contributed by atoms with Crippen molar-refractivity contribution in [2.45, 2.75) is 96.3 Å². The van der Waals surface area contributed by atoms with E-state index in [1.807, 2.05) is 0 Å². The van der Waals surface area contributed by atoms with E-state index in [0.29, 0.717) is 5.57 Å². The molecule has 7 atom stereocenters. The van der Waals surface area contributed by atoms with Gasteiger partial charge in [0.1, 0.15) is 30.0 Å². The number of benzene rings is 1. The summed E-state index contributed by atoms with van der Waals surface area (Å²) in [5.41, 5.74) is -3.99. The molecule has 1 unspecified atom stereocenters. The van der Waals surface area contributed by atoms with E-state index in [0.717, 1.165) is 0 Å². The lowest BCUT2D eigenvalue weighted by molar-refractivity contribution is -0.300. The molecular formula is C32H40O11. The van der Waals surface area contributed by atoms with Gasteiger partial charge in [-0.2, -0.15) is 0 Å². The molecule has 3 N–H and O–H groups in total. The first-order valence-electron chi connectivity index (χ1n) is 14.5. The summed E-state index contributed by atoms with van der Waals surface area (Å²) < 4.78 is 31.4. The lowest BCUT2D eigenvalue weighted by atomic mass is 9.52. The summed E-state index contributed by atoms with van der Waals surface area (Å²) in [7, 11) is 0. The number of allylic oxidation sites excluding steroid dienone is 1. The summed E-state index contributed by atoms with van der Waals surface area (Å²) in [4.78, 5) is 40.7. The van der Waals surface area contributed by atoms with Gasteiger partial charge in [0.05, 0.1) is 18.1 Å². The van der Waals surface area contributed by atoms with Crippen molar-refractivity contribution in [3.63, 3.8) is 0 Å². The Morgan fingerprint density at radius 3 is 2.28 bits per heavy atom. The van der Waals surface area contributed by atoms with E-state index < -0.39 is 76.2 Å². The Balaban J connectivity index is 1.88. The summed E-state index contributed by atoms with van der Waals surface area (Å²) in [5, 5.41) is 33.2. The second-order valence-corrected chi connectivity index (χ2v) is 12.9. The zero-order valence-corrected chi connectivity index (χ0v) is 25.5. The van der Waals surface area contributed by atoms with Crippen molar-refractivity contribution >= 4 is 17.7 Å². The lowest BCUT2D eigenvalue weighted by Crippen LogP contribution is -2.76. The van der Waals surface area contributed by atoms with Gasteiger partial charge in [0.25, 0.3) is 0 Å². The highest BCUT2D eigenvalue weighted by molar-refractivity contribution is 6.09. The first-order valence-corrected chi connectivity index (χ1v) is 14.5. The van der Waals surface area contributed by atoms with E-state index >= 15 is 0 Å². The summed E-state index contributed by atoms with van der Waals surface area (Å²) >= 11 is 0. The topological polar surface area (TPSA) is 158 Å². The van der Waals surface area contributed by atoms with Gasteiger partial charge in [-0.1, -0.05) is 32.0 Å². The standard InChI is InChI=1S/C32H40O11/c1-16-21-25(37)23(35)17(2)22(31(41-18(3)34)15-39-20(31)13-14-33)26(40-28(38)19-11-9-8-10-12-19)32(29(21,4)5)27(24(16)36)42-30(6,7)43-32/h8-12,20,22,24,26-27,33,35-36H,13-15H2,1-7H3/b23-17+/t20?,22-,24-,26+,27+,31+,32+/m1/s1. The van der Waals surface area contributed by atoms with E-state index in [2.05, 4.69) is 0 Å². The molecule has 5 rings (SSSR count). The van der Waals surface area contributed by atoms with Crippen LogP contribution in [0.5, 0.6) is 0 Å². The summed E-state index contributed by atoms with van der Waals surface area (Å²) in [6, 6.07) is 8.26. The SMILES string of the molecule is CC(=O)O[C@@]1([C@@H]2/C(C)=C(/O)C(=O)C3=C(C)[C@@H](O)[C@@H]4OC(C)(C)O[C@]4([C@H]2OC(=O)c2ccccc2)C3(C)C)COC1CCO. The molecule has 1 aromatic rings. The number of carbonyl (C=O) groups is 3. The minimum absolute atomic E-state index is 0.0423. The third-order valence-corrected chi connectivity index (χ3v) is 9.53. The Bertz CT molecular complexity index is 1390. The average Bonchev–Trinajstić information content (AvgIpc) is 3.25. The van der Waals surface area contributed by atoms with Gasteiger partial charge in [-0.05, 0) is 51.0 Å². The fraction of sp³-hybridized carbons (Fsp3) is 0.594. The molecule has 2 aliphatic heterocycles. The van der Waals surface area contributed by atoms with Crippen LogP contribution < -0.4 is 0 Å². The molecule has 234 valence electrons. The Kier molecular flexibility index (Phi) is 7.67. The number of fused-ring (bicyclic) bond motifs is 1. The van der Waals surface area contributed by atoms with Crippen molar-refractivity contribution < 1.29 is 53.4 Å². The number of carbonyl (C=O) groups excluding carboxylic acids is 3. The summed E-state index contributed by atoms with van der Waals surface area (Å²) in [6.45, 7) is 10.6. The van der Waals surface area contributed by atoms with Crippen molar-refractivity contribution in [3.8, 4) is 0 Å². The molecule has 43 heavy (non-hydrogen) atoms. The molecule has 2 aliphatic carbocycles. The van der Waals surface area contributed by atoms with Crippen LogP contribution in [0.2, 0.25) is 0 Å². The number of ether oxygens (including phenoxy) is 5. The monoisotopic (exact) mass is 600 g/mol. The number of hydrogen-bond donors (Lipinski definition) is 3. The smallest absolute Gasteiger partial charge is 0.338 e. The molecule has 1 aromatic carbocycles. The maximum absolute atomic E-state index is 14.1. The van der Waals surface area contributed by atoms with E-state index in [1.165, 1.54) is 13.8 Å². The van der Waals surface area contributed by atoms with Crippen LogP contribution in [0.4, 0.5) is 0 Å². The Hall–Kier alpha value is -3.09. The molecule has 0 saturated carbocycles. The van der Waals surface area contributed by atoms with Crippen LogP contribution in [0.25, 0.3) is 0 Å². The van der Waals surface area contributed by atoms with Crippen LogP contribution >= 0.6 is 0 Å². The highest BCUT2D eigenvalue weighted by atomic mass is 16.8. The Labute approximate surface area is 250 Å². The molecule has 0 radical (unpaired) electrons. The Morgan fingerprint density at radius 1 is 1.07 bits per heavy atom. The van der Waals surface area contributed by atoms with Crippen molar-refractivity contribution in [1.82, 2.24) is 0 Å². The highest BCUT2D eigenvalue weighted by Gasteiger charge is 2.77. The molecular weight excluding hydrogens is 560 g/mol. The quantitative estimate of drug-likeness (QED) is 0.412. The van der Waals surface area contributed by atoms with Crippen LogP contribution in [0.1, 0.15) is 65.2 Å². The largest absolute Gasteiger partial charge is 0.504 e. The Morgan fingerprint density at radius 2 is 1.72 bits per heavy atom. The average molecular weight is 601 g/mol. The van der Waals surface area contributed by atoms with Crippen LogP contribution in [0.15, 0.2) is 52.8 Å². The third kappa shape index (κ3) is 4.47. The first kappa shape index (κ1) is 31.3. The maximum atomic E-state index is 14.1. The zero-order chi connectivity index (χ0) is 31.7. The number of esters is 2. The second-order valence-electron chi connectivity index (χ2n) is 12.9. The van der Waals surface area contributed by atoms with Crippen molar-refractivity contribution in [1.29, 1.82) is 0 Å². The summed E-state index contributed by atoms with van der Waals surface area (Å²) in [5.74, 6) is -5.35. The van der Waals surface area contributed by atoms with Gasteiger partial charge >= 0.3 is 11.9 Å². The predicted molar refractivity (Wildman–Crippen MR) is 151 cm³/mol. The minimum atomic E-state index is -1.75. The van der Waals surface area contributed by atoms with Crippen LogP contribution in [-0.2, 0) is 33.3 Å². The fourth-order valence-electron chi connectivity index (χ4n) is 7.75. The third-order valence-electron chi connectivity index (χ3n) is 9.53. The van der Waals surface area contributed by atoms with E-state index in [4.69, 9.17) is 23.7 Å². The lowest BCUT2D eigenvalue weighted by Gasteiger charge is -2.61. The first-order chi connectivity index (χ1) is 20.1. The number of aliphatic hydroxyl groups excluding tert-OH is 3. The molecule has 4 aliphatic rings. The summed E-state index contributed by atoms with van der Waals surface area (Å²) in [6.07, 6.45) is -4.79. The highest BCUT2D eigenvalue weighted by Crippen LogP contribution is 2.63.